The SMILES string of the molecule is N#CC1(Cc2ccc(Cl)c(F)c2)COc2ccccc2C1. The molecule has 0 aliphatic carbocycles. The fourth-order valence-electron chi connectivity index (χ4n) is 2.69. The number of para-hydroxylation sites is 1. The number of nitrogens with zero attached hydrogens (tertiary/aromatic N) is 1. The maximum absolute atomic E-state index is 13.6. The van der Waals surface area contributed by atoms with Gasteiger partial charge in [0, 0.05) is 0 Å². The first-order valence-electron chi connectivity index (χ1n) is 6.68. The Morgan fingerprint density at radius 3 is 2.86 bits per heavy atom. The highest BCUT2D eigenvalue weighted by molar-refractivity contribution is 6.30. The van der Waals surface area contributed by atoms with Crippen LogP contribution in [-0.2, 0) is 12.8 Å². The summed E-state index contributed by atoms with van der Waals surface area (Å²) in [5, 5.41) is 9.70. The summed E-state index contributed by atoms with van der Waals surface area (Å²) < 4.78 is 19.3. The molecule has 0 radical (unpaired) electrons. The minimum atomic E-state index is -0.672. The van der Waals surface area contributed by atoms with E-state index in [-0.39, 0.29) is 5.02 Å². The van der Waals surface area contributed by atoms with Gasteiger partial charge < -0.3 is 4.74 Å². The van der Waals surface area contributed by atoms with Crippen molar-refractivity contribution in [3.8, 4) is 11.8 Å². The maximum Gasteiger partial charge on any atom is 0.142 e. The quantitative estimate of drug-likeness (QED) is 0.834. The van der Waals surface area contributed by atoms with Crippen LogP contribution in [0.5, 0.6) is 5.75 Å². The molecule has 106 valence electrons. The van der Waals surface area contributed by atoms with Crippen molar-refractivity contribution < 1.29 is 9.13 Å². The van der Waals surface area contributed by atoms with Crippen molar-refractivity contribution in [3.63, 3.8) is 0 Å². The Morgan fingerprint density at radius 1 is 1.29 bits per heavy atom. The van der Waals surface area contributed by atoms with Gasteiger partial charge in [0.15, 0.2) is 0 Å². The van der Waals surface area contributed by atoms with Crippen molar-refractivity contribution in [3.05, 3.63) is 64.4 Å². The minimum Gasteiger partial charge on any atom is -0.492 e. The van der Waals surface area contributed by atoms with Gasteiger partial charge >= 0.3 is 0 Å². The lowest BCUT2D eigenvalue weighted by Gasteiger charge is -2.32. The van der Waals surface area contributed by atoms with E-state index in [4.69, 9.17) is 16.3 Å². The van der Waals surface area contributed by atoms with Crippen molar-refractivity contribution in [1.82, 2.24) is 0 Å². The Hall–Kier alpha value is -2.05. The Bertz CT molecular complexity index is 725. The Kier molecular flexibility index (Phi) is 3.57. The first kappa shape index (κ1) is 13.9. The van der Waals surface area contributed by atoms with Crippen LogP contribution in [0.4, 0.5) is 4.39 Å². The molecule has 1 atom stereocenters. The molecule has 21 heavy (non-hydrogen) atoms. The fourth-order valence-corrected chi connectivity index (χ4v) is 2.80. The van der Waals surface area contributed by atoms with E-state index in [9.17, 15) is 9.65 Å². The zero-order valence-electron chi connectivity index (χ0n) is 11.3. The van der Waals surface area contributed by atoms with E-state index in [0.29, 0.717) is 19.4 Å². The topological polar surface area (TPSA) is 33.0 Å². The molecular weight excluding hydrogens is 289 g/mol. The van der Waals surface area contributed by atoms with E-state index in [0.717, 1.165) is 16.9 Å². The summed E-state index contributed by atoms with van der Waals surface area (Å²) in [6, 6.07) is 14.7. The molecule has 1 aliphatic rings. The second-order valence-electron chi connectivity index (χ2n) is 5.39. The number of hydrogen-bond acceptors (Lipinski definition) is 2. The van der Waals surface area contributed by atoms with Crippen molar-refractivity contribution in [2.45, 2.75) is 12.8 Å². The summed E-state index contributed by atoms with van der Waals surface area (Å²) in [5.74, 6) is 0.366. The van der Waals surface area contributed by atoms with Crippen molar-refractivity contribution in [2.24, 2.45) is 5.41 Å². The number of hydrogen-bond donors (Lipinski definition) is 0. The summed E-state index contributed by atoms with van der Waals surface area (Å²) in [5.41, 5.74) is 1.09. The van der Waals surface area contributed by atoms with E-state index in [1.807, 2.05) is 24.3 Å². The van der Waals surface area contributed by atoms with Gasteiger partial charge in [0.2, 0.25) is 0 Å². The maximum atomic E-state index is 13.6. The number of rotatable bonds is 2. The van der Waals surface area contributed by atoms with Gasteiger partial charge in [0.05, 0.1) is 16.5 Å². The van der Waals surface area contributed by atoms with Crippen LogP contribution in [0.15, 0.2) is 42.5 Å². The van der Waals surface area contributed by atoms with E-state index in [2.05, 4.69) is 6.07 Å². The zero-order chi connectivity index (χ0) is 14.9. The molecule has 1 heterocycles. The van der Waals surface area contributed by atoms with Crippen LogP contribution < -0.4 is 4.74 Å². The molecule has 0 N–H and O–H groups in total. The molecule has 0 saturated heterocycles. The predicted octanol–water partition coefficient (Wildman–Crippen LogP) is 4.17. The average molecular weight is 302 g/mol. The zero-order valence-corrected chi connectivity index (χ0v) is 12.0. The normalized spacial score (nSPS) is 20.2. The predicted molar refractivity (Wildman–Crippen MR) is 78.8 cm³/mol. The number of halogens is 2. The van der Waals surface area contributed by atoms with Crippen LogP contribution in [0, 0.1) is 22.6 Å². The van der Waals surface area contributed by atoms with Crippen LogP contribution >= 0.6 is 11.6 Å². The lowest BCUT2D eigenvalue weighted by Crippen LogP contribution is -2.35. The first-order chi connectivity index (χ1) is 10.1. The third-order valence-corrected chi connectivity index (χ3v) is 4.08. The summed E-state index contributed by atoms with van der Waals surface area (Å²) in [6.45, 7) is 0.310. The molecular formula is C17H13ClFNO. The van der Waals surface area contributed by atoms with E-state index >= 15 is 0 Å². The third-order valence-electron chi connectivity index (χ3n) is 3.77. The van der Waals surface area contributed by atoms with Crippen LogP contribution in [0.1, 0.15) is 11.1 Å². The summed E-state index contributed by atoms with van der Waals surface area (Å²) in [7, 11) is 0. The molecule has 2 aromatic rings. The highest BCUT2D eigenvalue weighted by atomic mass is 35.5. The summed E-state index contributed by atoms with van der Waals surface area (Å²) in [4.78, 5) is 0. The van der Waals surface area contributed by atoms with Gasteiger partial charge in [-0.3, -0.25) is 0 Å². The van der Waals surface area contributed by atoms with Crippen LogP contribution in [0.3, 0.4) is 0 Å². The van der Waals surface area contributed by atoms with Gasteiger partial charge in [-0.2, -0.15) is 5.26 Å². The van der Waals surface area contributed by atoms with Crippen LogP contribution in [0.25, 0.3) is 0 Å². The first-order valence-corrected chi connectivity index (χ1v) is 7.06. The Labute approximate surface area is 127 Å². The number of benzene rings is 2. The van der Waals surface area contributed by atoms with E-state index in [1.54, 1.807) is 6.07 Å². The third kappa shape index (κ3) is 2.72. The largest absolute Gasteiger partial charge is 0.492 e. The van der Waals surface area contributed by atoms with Crippen LogP contribution in [-0.4, -0.2) is 6.61 Å². The van der Waals surface area contributed by atoms with E-state index in [1.165, 1.54) is 12.1 Å². The molecule has 4 heteroatoms. The number of fused-ring (bicyclic) bond motifs is 1. The highest BCUT2D eigenvalue weighted by Gasteiger charge is 2.36. The highest BCUT2D eigenvalue weighted by Crippen LogP contribution is 2.36. The van der Waals surface area contributed by atoms with Gasteiger partial charge in [0.1, 0.15) is 18.2 Å². The number of nitriles is 1. The van der Waals surface area contributed by atoms with Gasteiger partial charge in [-0.25, -0.2) is 4.39 Å². The minimum absolute atomic E-state index is 0.0926. The molecule has 0 amide bonds. The Morgan fingerprint density at radius 2 is 2.10 bits per heavy atom. The van der Waals surface area contributed by atoms with E-state index < -0.39 is 11.2 Å². The molecule has 3 rings (SSSR count). The summed E-state index contributed by atoms with van der Waals surface area (Å²) >= 11 is 5.69. The van der Waals surface area contributed by atoms with Crippen LogP contribution in [0.2, 0.25) is 5.02 Å². The monoisotopic (exact) mass is 301 g/mol. The molecule has 1 unspecified atom stereocenters. The average Bonchev–Trinajstić information content (AvgIpc) is 2.51. The summed E-state index contributed by atoms with van der Waals surface area (Å²) in [6.07, 6.45) is 1.04. The van der Waals surface area contributed by atoms with Gasteiger partial charge in [-0.05, 0) is 42.2 Å². The van der Waals surface area contributed by atoms with Crippen molar-refractivity contribution >= 4 is 11.6 Å². The fraction of sp³-hybridized carbons (Fsp3) is 0.235. The molecule has 2 nitrogen and oxygen atoms in total. The molecule has 0 fully saturated rings. The standard InChI is InChI=1S/C17H13ClFNO/c18-14-6-5-12(7-15(14)19)8-17(10-20)9-13-3-1-2-4-16(13)21-11-17/h1-7H,8-9,11H2. The Balaban J connectivity index is 1.89. The lowest BCUT2D eigenvalue weighted by molar-refractivity contribution is 0.169. The molecule has 0 spiro atoms. The van der Waals surface area contributed by atoms with Gasteiger partial charge in [0.25, 0.3) is 0 Å². The second-order valence-corrected chi connectivity index (χ2v) is 5.80. The lowest BCUT2D eigenvalue weighted by atomic mass is 9.77. The molecule has 1 aliphatic heterocycles. The molecule has 2 aromatic carbocycles. The van der Waals surface area contributed by atoms with Gasteiger partial charge in [-0.1, -0.05) is 35.9 Å². The van der Waals surface area contributed by atoms with Crippen molar-refractivity contribution in [2.75, 3.05) is 6.61 Å². The molecule has 0 saturated carbocycles. The van der Waals surface area contributed by atoms with Gasteiger partial charge in [-0.15, -0.1) is 0 Å². The smallest absolute Gasteiger partial charge is 0.142 e. The van der Waals surface area contributed by atoms with Crippen molar-refractivity contribution in [1.29, 1.82) is 5.26 Å². The molecule has 0 aromatic heterocycles. The molecule has 0 bridgehead atoms. The second kappa shape index (κ2) is 5.38. The number of ether oxygens (including phenoxy) is 1.